The Kier molecular flexibility index (Phi) is 7.98. The summed E-state index contributed by atoms with van der Waals surface area (Å²) in [4.78, 5) is 18.3. The summed E-state index contributed by atoms with van der Waals surface area (Å²) in [5, 5.41) is 0.501. The van der Waals surface area contributed by atoms with Crippen LogP contribution in [0.5, 0.6) is 0 Å². The fourth-order valence-corrected chi connectivity index (χ4v) is 2.38. The van der Waals surface area contributed by atoms with Crippen LogP contribution in [0.2, 0.25) is 0 Å². The predicted octanol–water partition coefficient (Wildman–Crippen LogP) is 2.98. The van der Waals surface area contributed by atoms with Crippen LogP contribution in [-0.4, -0.2) is 9.97 Å². The molecule has 0 unspecified atom stereocenters. The van der Waals surface area contributed by atoms with E-state index >= 15 is 0 Å². The molecule has 0 aliphatic carbocycles. The second-order valence-electron chi connectivity index (χ2n) is 5.17. The maximum absolute atomic E-state index is 11.7. The first-order valence-electron chi connectivity index (χ1n) is 7.69. The van der Waals surface area contributed by atoms with Crippen molar-refractivity contribution in [3.63, 3.8) is 0 Å². The van der Waals surface area contributed by atoms with Crippen LogP contribution in [0.15, 0.2) is 16.9 Å². The number of thiol groups is 1. The largest absolute Gasteiger partial charge is 0.369 e. The highest BCUT2D eigenvalue weighted by molar-refractivity contribution is 7.79. The summed E-state index contributed by atoms with van der Waals surface area (Å²) in [6.45, 7) is 4.84. The molecular formula is C16H26N4OS. The van der Waals surface area contributed by atoms with Crippen molar-refractivity contribution in [2.75, 3.05) is 5.73 Å². The number of benzene rings is 1. The number of aromatic amines is 1. The molecule has 5 nitrogen and oxygen atoms in total. The summed E-state index contributed by atoms with van der Waals surface area (Å²) in [5.41, 5.74) is 13.1. The van der Waals surface area contributed by atoms with Gasteiger partial charge in [-0.25, -0.2) is 4.98 Å². The second kappa shape index (κ2) is 9.48. The summed E-state index contributed by atoms with van der Waals surface area (Å²) in [6.07, 6.45) is 5.54. The average molecular weight is 322 g/mol. The highest BCUT2D eigenvalue weighted by Crippen LogP contribution is 2.18. The second-order valence-corrected chi connectivity index (χ2v) is 5.49. The Morgan fingerprint density at radius 2 is 1.86 bits per heavy atom. The van der Waals surface area contributed by atoms with Crippen molar-refractivity contribution in [2.24, 2.45) is 5.73 Å². The molecule has 6 heteroatoms. The maximum Gasteiger partial charge on any atom is 0.260 e. The minimum atomic E-state index is -0.249. The van der Waals surface area contributed by atoms with Gasteiger partial charge in [0.25, 0.3) is 5.56 Å². The van der Waals surface area contributed by atoms with Crippen LogP contribution in [0.25, 0.3) is 10.9 Å². The number of aromatic nitrogens is 2. The van der Waals surface area contributed by atoms with E-state index < -0.39 is 0 Å². The monoisotopic (exact) mass is 322 g/mol. The maximum atomic E-state index is 11.7. The summed E-state index contributed by atoms with van der Waals surface area (Å²) < 4.78 is 0. The smallest absolute Gasteiger partial charge is 0.260 e. The molecule has 0 saturated carbocycles. The highest BCUT2D eigenvalue weighted by Gasteiger charge is 2.08. The first-order valence-corrected chi connectivity index (χ1v) is 8.32. The first-order chi connectivity index (χ1) is 10.6. The highest BCUT2D eigenvalue weighted by atomic mass is 32.1. The van der Waals surface area contributed by atoms with Crippen molar-refractivity contribution in [2.45, 2.75) is 51.8 Å². The number of nitrogens with one attached hydrogen (secondary N) is 1. The Labute approximate surface area is 136 Å². The lowest BCUT2D eigenvalue weighted by molar-refractivity contribution is 0.702. The van der Waals surface area contributed by atoms with Crippen LogP contribution in [0, 0.1) is 0 Å². The van der Waals surface area contributed by atoms with Crippen molar-refractivity contribution in [1.82, 2.24) is 9.97 Å². The fraction of sp³-hybridized carbons (Fsp3) is 0.500. The molecule has 0 fully saturated rings. The van der Waals surface area contributed by atoms with E-state index in [0.29, 0.717) is 23.2 Å². The van der Waals surface area contributed by atoms with E-state index in [1.54, 1.807) is 6.07 Å². The van der Waals surface area contributed by atoms with Crippen molar-refractivity contribution in [1.29, 1.82) is 0 Å². The van der Waals surface area contributed by atoms with Gasteiger partial charge in [-0.2, -0.15) is 12.6 Å². The van der Waals surface area contributed by atoms with E-state index in [2.05, 4.69) is 36.4 Å². The van der Waals surface area contributed by atoms with Gasteiger partial charge < -0.3 is 11.5 Å². The number of nitrogens with two attached hydrogens (primary N) is 2. The summed E-state index contributed by atoms with van der Waals surface area (Å²) in [5.74, 6) is 0.598. The molecule has 0 bridgehead atoms. The van der Waals surface area contributed by atoms with Crippen LogP contribution < -0.4 is 17.0 Å². The SMILES string of the molecule is CCCCCC.NCc1cc(CS)c2nc(N)[nH]c(=O)c2c1. The molecule has 22 heavy (non-hydrogen) atoms. The molecule has 5 N–H and O–H groups in total. The number of rotatable bonds is 5. The molecule has 122 valence electrons. The van der Waals surface area contributed by atoms with E-state index in [1.807, 2.05) is 6.07 Å². The predicted molar refractivity (Wildman–Crippen MR) is 97.2 cm³/mol. The van der Waals surface area contributed by atoms with Crippen molar-refractivity contribution >= 4 is 29.5 Å². The lowest BCUT2D eigenvalue weighted by Gasteiger charge is -2.06. The molecule has 2 rings (SSSR count). The molecule has 0 atom stereocenters. The number of nitrogens with zero attached hydrogens (tertiary/aromatic N) is 1. The van der Waals surface area contributed by atoms with Crippen molar-refractivity contribution < 1.29 is 0 Å². The number of anilines is 1. The normalized spacial score (nSPS) is 10.4. The lowest BCUT2D eigenvalue weighted by atomic mass is 10.1. The number of hydrogen-bond donors (Lipinski definition) is 4. The topological polar surface area (TPSA) is 97.8 Å². The number of fused-ring (bicyclic) bond motifs is 1. The van der Waals surface area contributed by atoms with Crippen LogP contribution in [0.4, 0.5) is 5.95 Å². The Morgan fingerprint density at radius 1 is 1.23 bits per heavy atom. The van der Waals surface area contributed by atoms with Gasteiger partial charge >= 0.3 is 0 Å². The van der Waals surface area contributed by atoms with Gasteiger partial charge in [0.2, 0.25) is 5.95 Å². The van der Waals surface area contributed by atoms with Crippen molar-refractivity contribution in [3.8, 4) is 0 Å². The summed E-state index contributed by atoms with van der Waals surface area (Å²) >= 11 is 4.21. The average Bonchev–Trinajstić information content (AvgIpc) is 2.52. The Balaban J connectivity index is 0.000000346. The Morgan fingerprint density at radius 3 is 2.36 bits per heavy atom. The molecule has 0 saturated heterocycles. The van der Waals surface area contributed by atoms with E-state index in [9.17, 15) is 4.79 Å². The molecular weight excluding hydrogens is 296 g/mol. The molecule has 2 aromatic rings. The third kappa shape index (κ3) is 5.03. The molecule has 1 heterocycles. The number of unbranched alkanes of at least 4 members (excludes halogenated alkanes) is 3. The van der Waals surface area contributed by atoms with Gasteiger partial charge in [-0.05, 0) is 17.2 Å². The summed E-state index contributed by atoms with van der Waals surface area (Å²) in [6, 6.07) is 3.62. The quantitative estimate of drug-likeness (QED) is 0.502. The van der Waals surface area contributed by atoms with Crippen LogP contribution in [0.3, 0.4) is 0 Å². The van der Waals surface area contributed by atoms with Gasteiger partial charge in [-0.15, -0.1) is 0 Å². The first kappa shape index (κ1) is 18.5. The van der Waals surface area contributed by atoms with E-state index in [4.69, 9.17) is 11.5 Å². The van der Waals surface area contributed by atoms with E-state index in [1.165, 1.54) is 25.7 Å². The third-order valence-electron chi connectivity index (χ3n) is 3.33. The van der Waals surface area contributed by atoms with Gasteiger partial charge in [0.05, 0.1) is 10.9 Å². The van der Waals surface area contributed by atoms with Crippen LogP contribution >= 0.6 is 12.6 Å². The molecule has 0 amide bonds. The van der Waals surface area contributed by atoms with Crippen LogP contribution in [0.1, 0.15) is 50.7 Å². The Hall–Kier alpha value is -1.53. The number of hydrogen-bond acceptors (Lipinski definition) is 5. The van der Waals surface area contributed by atoms with E-state index in [-0.39, 0.29) is 11.5 Å². The minimum absolute atomic E-state index is 0.112. The van der Waals surface area contributed by atoms with Crippen LogP contribution in [-0.2, 0) is 12.3 Å². The molecule has 0 aliphatic heterocycles. The standard InChI is InChI=1S/C10H12N4OS.C6H14/c11-3-5-1-6(4-16)8-7(2-5)9(15)14-10(12)13-8;1-3-5-6-4-2/h1-2,16H,3-4,11H2,(H3,12,13,14,15);3-6H2,1-2H3. The van der Waals surface area contributed by atoms with Gasteiger partial charge in [0.15, 0.2) is 0 Å². The molecule has 0 aliphatic rings. The molecule has 1 aromatic heterocycles. The Bertz CT molecular complexity index is 650. The lowest BCUT2D eigenvalue weighted by Crippen LogP contribution is -2.13. The molecule has 0 spiro atoms. The molecule has 1 aromatic carbocycles. The zero-order valence-corrected chi connectivity index (χ0v) is 14.2. The van der Waals surface area contributed by atoms with E-state index in [0.717, 1.165) is 11.1 Å². The summed E-state index contributed by atoms with van der Waals surface area (Å²) in [7, 11) is 0. The third-order valence-corrected chi connectivity index (χ3v) is 3.67. The molecule has 0 radical (unpaired) electrons. The number of H-pyrrole nitrogens is 1. The minimum Gasteiger partial charge on any atom is -0.369 e. The zero-order chi connectivity index (χ0) is 16.5. The fourth-order valence-electron chi connectivity index (χ4n) is 2.14. The van der Waals surface area contributed by atoms with Gasteiger partial charge in [0, 0.05) is 12.3 Å². The van der Waals surface area contributed by atoms with Gasteiger partial charge in [-0.3, -0.25) is 9.78 Å². The van der Waals surface area contributed by atoms with Gasteiger partial charge in [0.1, 0.15) is 0 Å². The number of nitrogen functional groups attached to an aromatic ring is 1. The van der Waals surface area contributed by atoms with Gasteiger partial charge in [-0.1, -0.05) is 45.6 Å². The zero-order valence-electron chi connectivity index (χ0n) is 13.4. The van der Waals surface area contributed by atoms with Crippen molar-refractivity contribution in [3.05, 3.63) is 33.6 Å².